The molecule has 6 heteroatoms. The zero-order valence-electron chi connectivity index (χ0n) is 17.5. The number of carbonyl (C=O) groups is 1. The van der Waals surface area contributed by atoms with Crippen molar-refractivity contribution in [3.8, 4) is 22.8 Å². The molecule has 1 aromatic heterocycles. The molecule has 2 unspecified atom stereocenters. The fourth-order valence-corrected chi connectivity index (χ4v) is 3.85. The Morgan fingerprint density at radius 3 is 2.74 bits per heavy atom. The maximum Gasteiger partial charge on any atom is 0.306 e. The number of ether oxygens (including phenoxy) is 2. The lowest BCUT2D eigenvalue weighted by Crippen LogP contribution is -2.16. The Bertz CT molecular complexity index is 1100. The molecule has 0 saturated carbocycles. The van der Waals surface area contributed by atoms with Gasteiger partial charge in [-0.1, -0.05) is 43.3 Å². The van der Waals surface area contributed by atoms with Crippen molar-refractivity contribution in [1.29, 1.82) is 0 Å². The van der Waals surface area contributed by atoms with E-state index in [0.29, 0.717) is 17.9 Å². The zero-order chi connectivity index (χ0) is 22.0. The summed E-state index contributed by atoms with van der Waals surface area (Å²) in [5, 5.41) is 9.16. The number of pyridine rings is 1. The van der Waals surface area contributed by atoms with Crippen molar-refractivity contribution >= 4 is 5.97 Å². The molecule has 0 radical (unpaired) electrons. The van der Waals surface area contributed by atoms with E-state index in [9.17, 15) is 9.18 Å². The largest absolute Gasteiger partial charge is 0.485 e. The Kier molecular flexibility index (Phi) is 5.89. The molecule has 0 saturated heterocycles. The van der Waals surface area contributed by atoms with Crippen molar-refractivity contribution in [3.63, 3.8) is 0 Å². The number of benzene rings is 2. The highest BCUT2D eigenvalue weighted by Gasteiger charge is 2.22. The first-order chi connectivity index (χ1) is 14.9. The van der Waals surface area contributed by atoms with Gasteiger partial charge in [0.1, 0.15) is 17.7 Å². The van der Waals surface area contributed by atoms with Crippen molar-refractivity contribution in [2.45, 2.75) is 32.3 Å². The monoisotopic (exact) mass is 421 g/mol. The molecule has 1 aliphatic rings. The lowest BCUT2D eigenvalue weighted by Gasteiger charge is -2.27. The van der Waals surface area contributed by atoms with Crippen molar-refractivity contribution in [2.24, 2.45) is 5.92 Å². The van der Waals surface area contributed by atoms with Crippen LogP contribution in [0.4, 0.5) is 4.39 Å². The molecule has 0 spiro atoms. The first kappa shape index (κ1) is 20.8. The molecule has 0 fully saturated rings. The van der Waals surface area contributed by atoms with E-state index in [4.69, 9.17) is 14.6 Å². The summed E-state index contributed by atoms with van der Waals surface area (Å²) in [6.07, 6.45) is 3.24. The normalized spacial score (nSPS) is 16.2. The first-order valence-electron chi connectivity index (χ1n) is 10.3. The third-order valence-corrected chi connectivity index (χ3v) is 5.67. The first-order valence-corrected chi connectivity index (χ1v) is 10.3. The number of aliphatic carboxylic acids is 1. The van der Waals surface area contributed by atoms with E-state index in [1.54, 1.807) is 13.0 Å². The van der Waals surface area contributed by atoms with Gasteiger partial charge in [0.05, 0.1) is 19.2 Å². The van der Waals surface area contributed by atoms with Crippen molar-refractivity contribution in [1.82, 2.24) is 4.98 Å². The summed E-state index contributed by atoms with van der Waals surface area (Å²) in [5.41, 5.74) is 4.27. The predicted molar refractivity (Wildman–Crippen MR) is 115 cm³/mol. The summed E-state index contributed by atoms with van der Waals surface area (Å²) in [4.78, 5) is 15.0. The molecule has 0 bridgehead atoms. The Morgan fingerprint density at radius 2 is 2.03 bits per heavy atom. The van der Waals surface area contributed by atoms with Crippen LogP contribution < -0.4 is 9.47 Å². The highest BCUT2D eigenvalue weighted by molar-refractivity contribution is 5.70. The molecule has 1 N–H and O–H groups in total. The molecule has 2 aromatic carbocycles. The van der Waals surface area contributed by atoms with Crippen LogP contribution in [-0.4, -0.2) is 23.2 Å². The van der Waals surface area contributed by atoms with Gasteiger partial charge in [-0.25, -0.2) is 9.37 Å². The second-order valence-corrected chi connectivity index (χ2v) is 7.86. The molecule has 2 heterocycles. The number of hydrogen-bond donors (Lipinski definition) is 1. The molecule has 160 valence electrons. The highest BCUT2D eigenvalue weighted by atomic mass is 19.1. The van der Waals surface area contributed by atoms with Crippen LogP contribution in [0, 0.1) is 11.7 Å². The number of methoxy groups -OCH3 is 1. The van der Waals surface area contributed by atoms with E-state index in [1.807, 2.05) is 42.5 Å². The van der Waals surface area contributed by atoms with Gasteiger partial charge in [-0.05, 0) is 47.6 Å². The summed E-state index contributed by atoms with van der Waals surface area (Å²) in [7, 11) is 1.50. The number of halogens is 1. The van der Waals surface area contributed by atoms with E-state index in [2.05, 4.69) is 4.98 Å². The third-order valence-electron chi connectivity index (χ3n) is 5.67. The molecule has 0 amide bonds. The molecular weight excluding hydrogens is 397 g/mol. The van der Waals surface area contributed by atoms with Crippen LogP contribution in [0.15, 0.2) is 54.7 Å². The lowest BCUT2D eigenvalue weighted by atomic mass is 9.93. The van der Waals surface area contributed by atoms with Crippen LogP contribution in [0.5, 0.6) is 11.6 Å². The van der Waals surface area contributed by atoms with Gasteiger partial charge >= 0.3 is 5.97 Å². The van der Waals surface area contributed by atoms with Crippen molar-refractivity contribution < 1.29 is 23.8 Å². The molecule has 5 nitrogen and oxygen atoms in total. The van der Waals surface area contributed by atoms with E-state index < -0.39 is 17.7 Å². The Morgan fingerprint density at radius 1 is 1.26 bits per heavy atom. The molecule has 4 rings (SSSR count). The van der Waals surface area contributed by atoms with Crippen LogP contribution >= 0.6 is 0 Å². The second-order valence-electron chi connectivity index (χ2n) is 7.86. The minimum absolute atomic E-state index is 0.106. The van der Waals surface area contributed by atoms with Gasteiger partial charge in [-0.15, -0.1) is 0 Å². The van der Waals surface area contributed by atoms with Gasteiger partial charge in [-0.2, -0.15) is 0 Å². The topological polar surface area (TPSA) is 68.7 Å². The Hall–Kier alpha value is -3.41. The van der Waals surface area contributed by atoms with Gasteiger partial charge in [-0.3, -0.25) is 4.79 Å². The molecule has 3 aromatic rings. The summed E-state index contributed by atoms with van der Waals surface area (Å²) in [6.45, 7) is 1.70. The van der Waals surface area contributed by atoms with Crippen LogP contribution in [0.1, 0.15) is 36.1 Å². The summed E-state index contributed by atoms with van der Waals surface area (Å²) in [5.74, 6) is -0.488. The number of aryl methyl sites for hydroxylation is 1. The van der Waals surface area contributed by atoms with Crippen LogP contribution in [0.2, 0.25) is 0 Å². The van der Waals surface area contributed by atoms with Gasteiger partial charge in [0, 0.05) is 11.6 Å². The van der Waals surface area contributed by atoms with E-state index >= 15 is 0 Å². The number of carboxylic acids is 1. The van der Waals surface area contributed by atoms with Crippen molar-refractivity contribution in [3.05, 3.63) is 77.2 Å². The fourth-order valence-electron chi connectivity index (χ4n) is 3.85. The van der Waals surface area contributed by atoms with Crippen LogP contribution in [0.3, 0.4) is 0 Å². The third kappa shape index (κ3) is 4.53. The minimum Gasteiger partial charge on any atom is -0.485 e. The van der Waals surface area contributed by atoms with Gasteiger partial charge in [0.2, 0.25) is 5.88 Å². The number of nitrogens with zero attached hydrogens (tertiary/aromatic N) is 1. The van der Waals surface area contributed by atoms with Crippen LogP contribution in [-0.2, 0) is 17.6 Å². The second kappa shape index (κ2) is 8.76. The number of hydrogen-bond acceptors (Lipinski definition) is 4. The van der Waals surface area contributed by atoms with Crippen molar-refractivity contribution in [2.75, 3.05) is 7.11 Å². The van der Waals surface area contributed by atoms with E-state index in [0.717, 1.165) is 47.0 Å². The number of carboxylic acid groups (broad SMARTS) is 1. The number of aromatic nitrogens is 1. The fraction of sp³-hybridized carbons (Fsp3) is 0.280. The number of fused-ring (bicyclic) bond motifs is 1. The summed E-state index contributed by atoms with van der Waals surface area (Å²) < 4.78 is 25.6. The number of rotatable bonds is 6. The molecule has 2 atom stereocenters. The summed E-state index contributed by atoms with van der Waals surface area (Å²) in [6, 6.07) is 15.2. The highest BCUT2D eigenvalue weighted by Crippen LogP contribution is 2.36. The lowest BCUT2D eigenvalue weighted by molar-refractivity contribution is -0.141. The van der Waals surface area contributed by atoms with Gasteiger partial charge in [0.15, 0.2) is 0 Å². The average Bonchev–Trinajstić information content (AvgIpc) is 2.79. The SMILES string of the molecule is COc1cc(-c2ccc(C3CCc4ccc(CC(C)C(=O)O)cc4O3)cc2)c(F)cn1. The molecule has 0 aliphatic carbocycles. The minimum atomic E-state index is -0.806. The predicted octanol–water partition coefficient (Wildman–Crippen LogP) is 5.23. The zero-order valence-corrected chi connectivity index (χ0v) is 17.5. The quantitative estimate of drug-likeness (QED) is 0.591. The maximum absolute atomic E-state index is 14.2. The smallest absolute Gasteiger partial charge is 0.306 e. The standard InChI is InChI=1S/C25H24FNO4/c1-15(25(28)29)11-16-3-4-19-9-10-22(31-23(19)12-16)18-7-5-17(6-8-18)20-13-24(30-2)27-14-21(20)26/h3-8,12-15,22H,9-11H2,1-2H3,(H,28,29). The average molecular weight is 421 g/mol. The Balaban J connectivity index is 1.52. The molecule has 31 heavy (non-hydrogen) atoms. The van der Waals surface area contributed by atoms with E-state index in [-0.39, 0.29) is 6.10 Å². The maximum atomic E-state index is 14.2. The van der Waals surface area contributed by atoms with E-state index in [1.165, 1.54) is 7.11 Å². The van der Waals surface area contributed by atoms with Gasteiger partial charge in [0.25, 0.3) is 0 Å². The summed E-state index contributed by atoms with van der Waals surface area (Å²) >= 11 is 0. The van der Waals surface area contributed by atoms with Crippen LogP contribution in [0.25, 0.3) is 11.1 Å². The Labute approximate surface area is 180 Å². The molecular formula is C25H24FNO4. The molecule has 1 aliphatic heterocycles. The van der Waals surface area contributed by atoms with Gasteiger partial charge < -0.3 is 14.6 Å².